The fourth-order valence-corrected chi connectivity index (χ4v) is 8.80. The maximum Gasteiger partial charge on any atom is 0.326 e. The molecular formula is C47H47Cl2N7O7. The zero-order valence-electron chi connectivity index (χ0n) is 35.3. The lowest BCUT2D eigenvalue weighted by molar-refractivity contribution is -0.136. The highest BCUT2D eigenvalue weighted by Gasteiger charge is 2.47. The first-order valence-corrected chi connectivity index (χ1v) is 21.7. The molecule has 7 amide bonds. The number of urea groups is 1. The van der Waals surface area contributed by atoms with Gasteiger partial charge < -0.3 is 19.9 Å². The number of rotatable bonds is 9. The number of amides is 7. The summed E-state index contributed by atoms with van der Waals surface area (Å²) in [4.78, 5) is 91.5. The van der Waals surface area contributed by atoms with Gasteiger partial charge in [0.1, 0.15) is 23.7 Å². The minimum absolute atomic E-state index is 0.00220. The van der Waals surface area contributed by atoms with Gasteiger partial charge in [0.2, 0.25) is 17.7 Å². The van der Waals surface area contributed by atoms with Gasteiger partial charge in [-0.15, -0.1) is 0 Å². The van der Waals surface area contributed by atoms with Crippen molar-refractivity contribution in [3.8, 4) is 5.75 Å². The Morgan fingerprint density at radius 1 is 0.825 bits per heavy atom. The quantitative estimate of drug-likeness (QED) is 0.170. The maximum atomic E-state index is 15.2. The molecule has 14 nitrogen and oxygen atoms in total. The molecule has 8 rings (SSSR count). The van der Waals surface area contributed by atoms with Gasteiger partial charge in [0.25, 0.3) is 11.8 Å². The van der Waals surface area contributed by atoms with E-state index in [9.17, 15) is 24.0 Å². The SMILES string of the molecule is CCOc1cc(C(C)(C)C)ccc1C1=NC(c2ccc(Cl)cc2)C(c2ccc(Cl)cc2)N1C(=O)N1CCN(C(=O)CNc2cccc3c2C(=O)N(C2CCC(=O)NC2=O)C3=O)CC1. The van der Waals surface area contributed by atoms with Crippen LogP contribution in [0, 0.1) is 0 Å². The number of carbonyl (C=O) groups excluding carboxylic acids is 6. The van der Waals surface area contributed by atoms with Gasteiger partial charge in [0.15, 0.2) is 0 Å². The van der Waals surface area contributed by atoms with Crippen molar-refractivity contribution >= 4 is 70.3 Å². The van der Waals surface area contributed by atoms with E-state index in [0.29, 0.717) is 33.8 Å². The molecule has 0 radical (unpaired) electrons. The van der Waals surface area contributed by atoms with Crippen molar-refractivity contribution in [1.82, 2.24) is 24.9 Å². The van der Waals surface area contributed by atoms with E-state index in [4.69, 9.17) is 32.9 Å². The van der Waals surface area contributed by atoms with Crippen LogP contribution in [0.15, 0.2) is 89.9 Å². The Bertz CT molecular complexity index is 2530. The third-order valence-electron chi connectivity index (χ3n) is 11.9. The fraction of sp³-hybridized carbons (Fsp3) is 0.340. The van der Waals surface area contributed by atoms with E-state index >= 15 is 4.79 Å². The van der Waals surface area contributed by atoms with Crippen LogP contribution in [-0.2, 0) is 19.8 Å². The standard InChI is InChI=1S/C47H47Cl2N7O7/c1-5-63-36-25-29(47(2,3)4)13-18-32(36)42-52-40(27-9-14-30(48)15-10-27)41(28-11-16-31(49)17-12-28)56(42)46(62)54-23-21-53(22-24-54)38(58)26-50-34-8-6-7-33-39(34)45(61)55(44(33)60)35-19-20-37(57)51-43(35)59/h6-18,25,35,40-41,50H,5,19-24,26H2,1-4H3,(H,51,57,59). The van der Waals surface area contributed by atoms with E-state index < -0.39 is 41.8 Å². The molecule has 0 saturated carbocycles. The first-order chi connectivity index (χ1) is 30.1. The molecule has 4 heterocycles. The van der Waals surface area contributed by atoms with Crippen molar-refractivity contribution < 1.29 is 33.5 Å². The molecule has 326 valence electrons. The first kappa shape index (κ1) is 43.4. The zero-order chi connectivity index (χ0) is 44.7. The van der Waals surface area contributed by atoms with E-state index in [0.717, 1.165) is 21.6 Å². The van der Waals surface area contributed by atoms with Gasteiger partial charge in [-0.2, -0.15) is 0 Å². The Hall–Kier alpha value is -6.25. The fourth-order valence-electron chi connectivity index (χ4n) is 8.55. The van der Waals surface area contributed by atoms with Crippen LogP contribution in [0.3, 0.4) is 0 Å². The average Bonchev–Trinajstić information content (AvgIpc) is 3.78. The Kier molecular flexibility index (Phi) is 12.0. The number of amidine groups is 1. The van der Waals surface area contributed by atoms with Gasteiger partial charge in [0.05, 0.1) is 35.9 Å². The summed E-state index contributed by atoms with van der Waals surface area (Å²) >= 11 is 12.7. The van der Waals surface area contributed by atoms with Crippen LogP contribution in [0.1, 0.15) is 95.6 Å². The predicted octanol–water partition coefficient (Wildman–Crippen LogP) is 7.01. The van der Waals surface area contributed by atoms with Crippen LogP contribution in [0.5, 0.6) is 5.75 Å². The number of piperidine rings is 1. The van der Waals surface area contributed by atoms with Crippen LogP contribution in [-0.4, -0.2) is 106 Å². The summed E-state index contributed by atoms with van der Waals surface area (Å²) in [5.41, 5.74) is 3.69. The number of piperazine rings is 1. The summed E-state index contributed by atoms with van der Waals surface area (Å²) < 4.78 is 6.26. The number of aliphatic imine (C=N–C) groups is 1. The molecule has 2 fully saturated rings. The minimum atomic E-state index is -1.11. The second-order valence-corrected chi connectivity index (χ2v) is 17.8. The Labute approximate surface area is 375 Å². The molecule has 16 heteroatoms. The van der Waals surface area contributed by atoms with Gasteiger partial charge in [-0.1, -0.05) is 80.4 Å². The van der Waals surface area contributed by atoms with Gasteiger partial charge in [-0.3, -0.25) is 44.1 Å². The maximum absolute atomic E-state index is 15.2. The third-order valence-corrected chi connectivity index (χ3v) is 12.4. The van der Waals surface area contributed by atoms with Crippen molar-refractivity contribution in [2.24, 2.45) is 4.99 Å². The Balaban J connectivity index is 1.03. The van der Waals surface area contributed by atoms with Crippen molar-refractivity contribution in [3.63, 3.8) is 0 Å². The lowest BCUT2D eigenvalue weighted by Crippen LogP contribution is -2.55. The molecule has 0 bridgehead atoms. The molecule has 0 spiro atoms. The number of benzene rings is 4. The summed E-state index contributed by atoms with van der Waals surface area (Å²) in [6.07, 6.45) is 0.0313. The van der Waals surface area contributed by atoms with E-state index in [2.05, 4.69) is 31.4 Å². The van der Waals surface area contributed by atoms with Crippen molar-refractivity contribution in [2.75, 3.05) is 44.6 Å². The number of hydrogen-bond donors (Lipinski definition) is 2. The molecule has 4 aliphatic rings. The van der Waals surface area contributed by atoms with Crippen LogP contribution in [0.2, 0.25) is 10.0 Å². The molecule has 3 unspecified atom stereocenters. The predicted molar refractivity (Wildman–Crippen MR) is 238 cm³/mol. The van der Waals surface area contributed by atoms with E-state index in [1.165, 1.54) is 6.07 Å². The van der Waals surface area contributed by atoms with E-state index in [-0.39, 0.29) is 79.7 Å². The summed E-state index contributed by atoms with van der Waals surface area (Å²) in [6, 6.07) is 23.1. The van der Waals surface area contributed by atoms with Gasteiger partial charge in [-0.05, 0) is 84.0 Å². The van der Waals surface area contributed by atoms with Gasteiger partial charge in [0, 0.05) is 48.3 Å². The van der Waals surface area contributed by atoms with E-state index in [1.807, 2.05) is 61.5 Å². The summed E-state index contributed by atoms with van der Waals surface area (Å²) in [5.74, 6) is -1.70. The number of anilines is 1. The molecule has 0 aliphatic carbocycles. The third kappa shape index (κ3) is 8.49. The highest BCUT2D eigenvalue weighted by Crippen LogP contribution is 2.46. The normalized spacial score (nSPS) is 20.2. The first-order valence-electron chi connectivity index (χ1n) is 21.0. The molecule has 4 aromatic rings. The second-order valence-electron chi connectivity index (χ2n) is 16.9. The summed E-state index contributed by atoms with van der Waals surface area (Å²) in [6.45, 7) is 9.42. The zero-order valence-corrected chi connectivity index (χ0v) is 36.8. The van der Waals surface area contributed by atoms with Crippen LogP contribution < -0.4 is 15.4 Å². The lowest BCUT2D eigenvalue weighted by atomic mass is 9.86. The number of carbonyl (C=O) groups is 6. The Morgan fingerprint density at radius 3 is 2.11 bits per heavy atom. The average molecular weight is 893 g/mol. The summed E-state index contributed by atoms with van der Waals surface area (Å²) in [7, 11) is 0. The number of fused-ring (bicyclic) bond motifs is 1. The number of ether oxygens (including phenoxy) is 1. The van der Waals surface area contributed by atoms with Crippen molar-refractivity contribution in [3.05, 3.63) is 128 Å². The monoisotopic (exact) mass is 891 g/mol. The number of nitrogens with zero attached hydrogens (tertiary/aromatic N) is 5. The van der Waals surface area contributed by atoms with Crippen molar-refractivity contribution in [1.29, 1.82) is 0 Å². The smallest absolute Gasteiger partial charge is 0.326 e. The summed E-state index contributed by atoms with van der Waals surface area (Å²) in [5, 5.41) is 6.36. The number of halogens is 2. The van der Waals surface area contributed by atoms with Crippen LogP contribution >= 0.6 is 23.2 Å². The van der Waals surface area contributed by atoms with Gasteiger partial charge in [-0.25, -0.2) is 4.79 Å². The molecule has 2 saturated heterocycles. The highest BCUT2D eigenvalue weighted by molar-refractivity contribution is 6.31. The number of hydrogen-bond acceptors (Lipinski definition) is 9. The minimum Gasteiger partial charge on any atom is -0.493 e. The van der Waals surface area contributed by atoms with Gasteiger partial charge >= 0.3 is 6.03 Å². The molecule has 2 N–H and O–H groups in total. The van der Waals surface area contributed by atoms with E-state index in [1.54, 1.807) is 39.0 Å². The lowest BCUT2D eigenvalue weighted by Gasteiger charge is -2.39. The van der Waals surface area contributed by atoms with Crippen molar-refractivity contribution in [2.45, 2.75) is 64.1 Å². The highest BCUT2D eigenvalue weighted by atomic mass is 35.5. The largest absolute Gasteiger partial charge is 0.493 e. The number of imide groups is 2. The van der Waals surface area contributed by atoms with Crippen LogP contribution in [0.25, 0.3) is 0 Å². The van der Waals surface area contributed by atoms with Crippen LogP contribution in [0.4, 0.5) is 10.5 Å². The molecule has 63 heavy (non-hydrogen) atoms. The molecular weight excluding hydrogens is 845 g/mol. The topological polar surface area (TPSA) is 161 Å². The molecule has 4 aromatic carbocycles. The Morgan fingerprint density at radius 2 is 1.48 bits per heavy atom. The molecule has 4 aliphatic heterocycles. The number of nitrogens with one attached hydrogen (secondary N) is 2. The molecule has 0 aromatic heterocycles. The second kappa shape index (κ2) is 17.5. The molecule has 3 atom stereocenters.